The SMILES string of the molecule is N#C/C(=C/Nc1cccc(C(=O)O)c1)C(=O)NCc1ccco1. The van der Waals surface area contributed by atoms with Gasteiger partial charge >= 0.3 is 5.97 Å². The van der Waals surface area contributed by atoms with Crippen molar-refractivity contribution in [1.82, 2.24) is 5.32 Å². The van der Waals surface area contributed by atoms with E-state index >= 15 is 0 Å². The van der Waals surface area contributed by atoms with Crippen molar-refractivity contribution in [3.63, 3.8) is 0 Å². The number of carboxylic acids is 1. The zero-order chi connectivity index (χ0) is 16.7. The maximum absolute atomic E-state index is 11.9. The molecule has 0 unspecified atom stereocenters. The summed E-state index contributed by atoms with van der Waals surface area (Å²) < 4.78 is 5.07. The highest BCUT2D eigenvalue weighted by molar-refractivity contribution is 5.97. The van der Waals surface area contributed by atoms with Crippen molar-refractivity contribution in [2.75, 3.05) is 5.32 Å². The number of carbonyl (C=O) groups excluding carboxylic acids is 1. The smallest absolute Gasteiger partial charge is 0.335 e. The summed E-state index contributed by atoms with van der Waals surface area (Å²) in [7, 11) is 0. The molecule has 0 aliphatic carbocycles. The van der Waals surface area contributed by atoms with Crippen LogP contribution in [0.25, 0.3) is 0 Å². The van der Waals surface area contributed by atoms with E-state index in [9.17, 15) is 9.59 Å². The van der Waals surface area contributed by atoms with Gasteiger partial charge in [-0.1, -0.05) is 6.07 Å². The van der Waals surface area contributed by atoms with Crippen molar-refractivity contribution in [2.45, 2.75) is 6.54 Å². The van der Waals surface area contributed by atoms with E-state index in [1.165, 1.54) is 24.6 Å². The lowest BCUT2D eigenvalue weighted by molar-refractivity contribution is -0.117. The van der Waals surface area contributed by atoms with Gasteiger partial charge in [0, 0.05) is 11.9 Å². The van der Waals surface area contributed by atoms with E-state index in [-0.39, 0.29) is 17.7 Å². The molecule has 0 radical (unpaired) electrons. The predicted molar refractivity (Wildman–Crippen MR) is 81.3 cm³/mol. The number of anilines is 1. The third-order valence-electron chi connectivity index (χ3n) is 2.86. The van der Waals surface area contributed by atoms with Gasteiger partial charge in [-0.25, -0.2) is 4.79 Å². The number of carbonyl (C=O) groups is 2. The molecule has 3 N–H and O–H groups in total. The first-order valence-electron chi connectivity index (χ1n) is 6.61. The molecule has 0 aliphatic rings. The van der Waals surface area contributed by atoms with Gasteiger partial charge < -0.3 is 20.2 Å². The lowest BCUT2D eigenvalue weighted by atomic mass is 10.2. The molecule has 1 heterocycles. The van der Waals surface area contributed by atoms with Gasteiger partial charge in [0.1, 0.15) is 17.4 Å². The standard InChI is InChI=1S/C16H13N3O4/c17-8-12(15(20)19-10-14-5-2-6-23-14)9-18-13-4-1-3-11(7-13)16(21)22/h1-7,9,18H,10H2,(H,19,20)(H,21,22)/b12-9-. The van der Waals surface area contributed by atoms with Gasteiger partial charge in [-0.2, -0.15) is 5.26 Å². The van der Waals surface area contributed by atoms with Crippen LogP contribution in [0.3, 0.4) is 0 Å². The maximum Gasteiger partial charge on any atom is 0.335 e. The summed E-state index contributed by atoms with van der Waals surface area (Å²) in [4.78, 5) is 22.8. The first-order valence-corrected chi connectivity index (χ1v) is 6.61. The fourth-order valence-corrected chi connectivity index (χ4v) is 1.72. The average molecular weight is 311 g/mol. The molecule has 1 aromatic heterocycles. The van der Waals surface area contributed by atoms with Crippen LogP contribution in [0.2, 0.25) is 0 Å². The monoisotopic (exact) mass is 311 g/mol. The average Bonchev–Trinajstić information content (AvgIpc) is 3.07. The number of nitrogens with one attached hydrogen (secondary N) is 2. The van der Waals surface area contributed by atoms with Crippen LogP contribution >= 0.6 is 0 Å². The number of rotatable bonds is 6. The summed E-state index contributed by atoms with van der Waals surface area (Å²) in [6.07, 6.45) is 2.71. The highest BCUT2D eigenvalue weighted by Gasteiger charge is 2.09. The summed E-state index contributed by atoms with van der Waals surface area (Å²) in [5, 5.41) is 23.2. The van der Waals surface area contributed by atoms with Crippen LogP contribution in [0.4, 0.5) is 5.69 Å². The van der Waals surface area contributed by atoms with Crippen LogP contribution in [-0.4, -0.2) is 17.0 Å². The van der Waals surface area contributed by atoms with Crippen molar-refractivity contribution < 1.29 is 19.1 Å². The van der Waals surface area contributed by atoms with E-state index in [0.717, 1.165) is 0 Å². The van der Waals surface area contributed by atoms with Gasteiger partial charge in [0.2, 0.25) is 0 Å². The minimum absolute atomic E-state index is 0.101. The number of hydrogen-bond donors (Lipinski definition) is 3. The summed E-state index contributed by atoms with van der Waals surface area (Å²) in [5.74, 6) is -1.06. The number of benzene rings is 1. The highest BCUT2D eigenvalue weighted by atomic mass is 16.4. The van der Waals surface area contributed by atoms with E-state index in [1.54, 1.807) is 30.3 Å². The topological polar surface area (TPSA) is 115 Å². The Hall–Kier alpha value is -3.53. The number of nitrogens with zero attached hydrogens (tertiary/aromatic N) is 1. The summed E-state index contributed by atoms with van der Waals surface area (Å²) in [6, 6.07) is 11.2. The largest absolute Gasteiger partial charge is 0.478 e. The molecule has 0 bridgehead atoms. The molecular formula is C16H13N3O4. The highest BCUT2D eigenvalue weighted by Crippen LogP contribution is 2.11. The number of nitriles is 1. The van der Waals surface area contributed by atoms with E-state index in [4.69, 9.17) is 14.8 Å². The maximum atomic E-state index is 11.9. The van der Waals surface area contributed by atoms with Crippen LogP contribution in [0.1, 0.15) is 16.1 Å². The molecular weight excluding hydrogens is 298 g/mol. The molecule has 2 rings (SSSR count). The van der Waals surface area contributed by atoms with Crippen LogP contribution in [0, 0.1) is 11.3 Å². The van der Waals surface area contributed by atoms with Crippen LogP contribution in [0.5, 0.6) is 0 Å². The number of furan rings is 1. The molecule has 0 saturated heterocycles. The Labute approximate surface area is 131 Å². The zero-order valence-electron chi connectivity index (χ0n) is 11.9. The molecule has 0 saturated carbocycles. The predicted octanol–water partition coefficient (Wildman–Crippen LogP) is 2.11. The van der Waals surface area contributed by atoms with Crippen molar-refractivity contribution in [3.8, 4) is 6.07 Å². The van der Waals surface area contributed by atoms with Crippen molar-refractivity contribution in [1.29, 1.82) is 5.26 Å². The number of amides is 1. The van der Waals surface area contributed by atoms with E-state index in [0.29, 0.717) is 11.4 Å². The Kier molecular flexibility index (Phi) is 5.15. The molecule has 23 heavy (non-hydrogen) atoms. The Morgan fingerprint density at radius 1 is 1.30 bits per heavy atom. The Balaban J connectivity index is 2.01. The van der Waals surface area contributed by atoms with Gasteiger partial charge in [-0.05, 0) is 30.3 Å². The second-order valence-electron chi connectivity index (χ2n) is 4.46. The van der Waals surface area contributed by atoms with Gasteiger partial charge in [0.05, 0.1) is 18.4 Å². The first kappa shape index (κ1) is 15.9. The molecule has 1 amide bonds. The third kappa shape index (κ3) is 4.47. The van der Waals surface area contributed by atoms with Crippen molar-refractivity contribution in [3.05, 3.63) is 65.8 Å². The fraction of sp³-hybridized carbons (Fsp3) is 0.0625. The molecule has 0 fully saturated rings. The van der Waals surface area contributed by atoms with Gasteiger partial charge in [-0.3, -0.25) is 4.79 Å². The normalized spacial score (nSPS) is 10.7. The lowest BCUT2D eigenvalue weighted by Gasteiger charge is -2.04. The Bertz CT molecular complexity index is 773. The van der Waals surface area contributed by atoms with Crippen molar-refractivity contribution >= 4 is 17.6 Å². The molecule has 7 nitrogen and oxygen atoms in total. The van der Waals surface area contributed by atoms with Gasteiger partial charge in [0.15, 0.2) is 0 Å². The van der Waals surface area contributed by atoms with Gasteiger partial charge in [0.25, 0.3) is 5.91 Å². The number of carboxylic acid groups (broad SMARTS) is 1. The van der Waals surface area contributed by atoms with Crippen LogP contribution in [-0.2, 0) is 11.3 Å². The van der Waals surface area contributed by atoms with Crippen LogP contribution in [0.15, 0.2) is 58.9 Å². The lowest BCUT2D eigenvalue weighted by Crippen LogP contribution is -2.24. The zero-order valence-corrected chi connectivity index (χ0v) is 11.9. The number of aromatic carboxylic acids is 1. The second kappa shape index (κ2) is 7.47. The molecule has 0 spiro atoms. The summed E-state index contributed by atoms with van der Waals surface area (Å²) >= 11 is 0. The Morgan fingerprint density at radius 2 is 2.13 bits per heavy atom. The molecule has 0 atom stereocenters. The van der Waals surface area contributed by atoms with E-state index in [2.05, 4.69) is 10.6 Å². The number of hydrogen-bond acceptors (Lipinski definition) is 5. The quantitative estimate of drug-likeness (QED) is 0.556. The summed E-state index contributed by atoms with van der Waals surface area (Å²) in [5.41, 5.74) is 0.415. The van der Waals surface area contributed by atoms with Gasteiger partial charge in [-0.15, -0.1) is 0 Å². The molecule has 7 heteroatoms. The molecule has 2 aromatic rings. The fourth-order valence-electron chi connectivity index (χ4n) is 1.72. The molecule has 116 valence electrons. The first-order chi connectivity index (χ1) is 11.1. The minimum Gasteiger partial charge on any atom is -0.478 e. The molecule has 1 aromatic carbocycles. The summed E-state index contributed by atoms with van der Waals surface area (Å²) in [6.45, 7) is 0.166. The van der Waals surface area contributed by atoms with E-state index < -0.39 is 11.9 Å². The van der Waals surface area contributed by atoms with Crippen molar-refractivity contribution in [2.24, 2.45) is 0 Å². The van der Waals surface area contributed by atoms with Crippen LogP contribution < -0.4 is 10.6 Å². The third-order valence-corrected chi connectivity index (χ3v) is 2.86. The molecule has 0 aliphatic heterocycles. The van der Waals surface area contributed by atoms with E-state index in [1.807, 2.05) is 0 Å². The second-order valence-corrected chi connectivity index (χ2v) is 4.46. The Morgan fingerprint density at radius 3 is 2.78 bits per heavy atom. The minimum atomic E-state index is -1.06.